The minimum Gasteiger partial charge on any atom is -0.604 e. The molecular weight excluding hydrogens is 520 g/mol. The number of benzene rings is 2. The highest BCUT2D eigenvalue weighted by Crippen LogP contribution is 2.31. The zero-order valence-electron chi connectivity index (χ0n) is 22.8. The van der Waals surface area contributed by atoms with Crippen LogP contribution in [0, 0.1) is 0 Å². The lowest BCUT2D eigenvalue weighted by molar-refractivity contribution is 0.0235. The molecule has 1 aliphatic heterocycles. The molecule has 2 atom stereocenters. The van der Waals surface area contributed by atoms with Gasteiger partial charge >= 0.3 is 11.2 Å². The summed E-state index contributed by atoms with van der Waals surface area (Å²) in [4.78, 5) is 23.9. The third-order valence-electron chi connectivity index (χ3n) is 5.98. The maximum Gasteiger partial charge on any atom is 0.410 e. The van der Waals surface area contributed by atoms with E-state index in [-0.39, 0.29) is 23.2 Å². The number of hydrogen-bond acceptors (Lipinski definition) is 9. The first-order valence-electron chi connectivity index (χ1n) is 12.6. The van der Waals surface area contributed by atoms with Gasteiger partial charge in [0.1, 0.15) is 28.5 Å². The molecule has 11 heteroatoms. The van der Waals surface area contributed by atoms with Gasteiger partial charge in [0.15, 0.2) is 4.90 Å². The van der Waals surface area contributed by atoms with E-state index in [0.29, 0.717) is 40.9 Å². The summed E-state index contributed by atoms with van der Waals surface area (Å²) in [5.74, 6) is 2.09. The van der Waals surface area contributed by atoms with Crippen molar-refractivity contribution in [2.75, 3.05) is 32.6 Å². The van der Waals surface area contributed by atoms with Crippen LogP contribution in [0.25, 0.3) is 0 Å². The van der Waals surface area contributed by atoms with Crippen LogP contribution in [-0.2, 0) is 15.9 Å². The van der Waals surface area contributed by atoms with Gasteiger partial charge in [-0.05, 0) is 82.1 Å². The molecule has 1 N–H and O–H groups in total. The smallest absolute Gasteiger partial charge is 0.410 e. The number of amides is 1. The van der Waals surface area contributed by atoms with E-state index < -0.39 is 16.8 Å². The van der Waals surface area contributed by atoms with Crippen LogP contribution in [0.1, 0.15) is 33.6 Å². The molecule has 1 aromatic heterocycles. The van der Waals surface area contributed by atoms with Crippen LogP contribution in [0.4, 0.5) is 10.5 Å². The van der Waals surface area contributed by atoms with Gasteiger partial charge < -0.3 is 33.7 Å². The van der Waals surface area contributed by atoms with Crippen LogP contribution >= 0.6 is 0 Å². The topological polar surface area (TPSA) is 118 Å². The third-order valence-corrected chi connectivity index (χ3v) is 7.21. The molecule has 10 nitrogen and oxygen atoms in total. The standard InChI is InChI=1S/C28H34N4O6S/c1-28(2,3)38-27(33)32-16-6-7-19(32)17-29-24-18-30-26(39(34)23-14-12-21(36-5)13-15-23)31-25(24)37-22-10-8-20(35-4)9-11-22/h8-15,18-19,29H,6-7,16-17H2,1-5H3/t19-,39?/m0/s1. The molecule has 1 unspecified atom stereocenters. The van der Waals surface area contributed by atoms with Crippen molar-refractivity contribution in [3.05, 3.63) is 54.7 Å². The van der Waals surface area contributed by atoms with Gasteiger partial charge in [-0.1, -0.05) is 0 Å². The van der Waals surface area contributed by atoms with E-state index >= 15 is 0 Å². The molecule has 208 valence electrons. The lowest BCUT2D eigenvalue weighted by Crippen LogP contribution is -2.42. The summed E-state index contributed by atoms with van der Waals surface area (Å²) in [6.45, 7) is 6.64. The number of nitrogens with one attached hydrogen (secondary N) is 1. The molecule has 0 bridgehead atoms. The van der Waals surface area contributed by atoms with Gasteiger partial charge in [0.2, 0.25) is 5.88 Å². The Balaban J connectivity index is 1.56. The summed E-state index contributed by atoms with van der Waals surface area (Å²) in [6.07, 6.45) is 2.94. The van der Waals surface area contributed by atoms with E-state index in [4.69, 9.17) is 18.9 Å². The average Bonchev–Trinajstić information content (AvgIpc) is 3.40. The summed E-state index contributed by atoms with van der Waals surface area (Å²) in [7, 11) is 3.16. The van der Waals surface area contributed by atoms with E-state index in [1.807, 2.05) is 20.8 Å². The van der Waals surface area contributed by atoms with Crippen molar-refractivity contribution in [3.8, 4) is 23.1 Å². The van der Waals surface area contributed by atoms with Gasteiger partial charge in [0, 0.05) is 13.1 Å². The number of methoxy groups -OCH3 is 2. The molecule has 0 saturated carbocycles. The van der Waals surface area contributed by atoms with Crippen molar-refractivity contribution >= 4 is 23.0 Å². The molecule has 0 radical (unpaired) electrons. The van der Waals surface area contributed by atoms with Gasteiger partial charge in [-0.3, -0.25) is 0 Å². The fraction of sp³-hybridized carbons (Fsp3) is 0.393. The van der Waals surface area contributed by atoms with Crippen LogP contribution in [0.3, 0.4) is 0 Å². The lowest BCUT2D eigenvalue weighted by Gasteiger charge is -2.29. The van der Waals surface area contributed by atoms with Gasteiger partial charge in [-0.25, -0.2) is 4.79 Å². The maximum atomic E-state index is 13.2. The lowest BCUT2D eigenvalue weighted by atomic mass is 10.2. The van der Waals surface area contributed by atoms with Crippen molar-refractivity contribution in [1.29, 1.82) is 0 Å². The molecule has 2 heterocycles. The number of anilines is 1. The zero-order valence-corrected chi connectivity index (χ0v) is 23.6. The molecule has 3 aromatic rings. The Kier molecular flexibility index (Phi) is 9.03. The molecule has 1 aliphatic rings. The molecule has 1 fully saturated rings. The Morgan fingerprint density at radius 2 is 1.67 bits per heavy atom. The largest absolute Gasteiger partial charge is 0.604 e. The highest BCUT2D eigenvalue weighted by molar-refractivity contribution is 7.91. The van der Waals surface area contributed by atoms with E-state index in [1.54, 1.807) is 73.8 Å². The molecule has 1 saturated heterocycles. The Labute approximate surface area is 231 Å². The van der Waals surface area contributed by atoms with Crippen molar-refractivity contribution in [2.24, 2.45) is 0 Å². The molecule has 2 aromatic carbocycles. The number of aromatic nitrogens is 2. The van der Waals surface area contributed by atoms with Crippen molar-refractivity contribution in [1.82, 2.24) is 14.9 Å². The van der Waals surface area contributed by atoms with Gasteiger partial charge in [-0.2, -0.15) is 4.98 Å². The van der Waals surface area contributed by atoms with Crippen LogP contribution in [0.15, 0.2) is 64.8 Å². The second-order valence-corrected chi connectivity index (χ2v) is 11.3. The average molecular weight is 555 g/mol. The predicted molar refractivity (Wildman–Crippen MR) is 147 cm³/mol. The Morgan fingerprint density at radius 3 is 2.28 bits per heavy atom. The summed E-state index contributed by atoms with van der Waals surface area (Å²) in [5, 5.41) is 3.43. The molecular formula is C28H34N4O6S. The fourth-order valence-corrected chi connectivity index (χ4v) is 4.94. The number of carbonyl (C=O) groups is 1. The highest BCUT2D eigenvalue weighted by atomic mass is 32.2. The van der Waals surface area contributed by atoms with Crippen LogP contribution < -0.4 is 19.5 Å². The van der Waals surface area contributed by atoms with Crippen molar-refractivity contribution in [2.45, 2.75) is 55.3 Å². The van der Waals surface area contributed by atoms with Gasteiger partial charge in [0.05, 0.1) is 37.6 Å². The second kappa shape index (κ2) is 12.4. The maximum absolute atomic E-state index is 13.2. The highest BCUT2D eigenvalue weighted by Gasteiger charge is 2.32. The summed E-state index contributed by atoms with van der Waals surface area (Å²) >= 11 is -1.64. The normalized spacial score (nSPS) is 15.9. The quantitative estimate of drug-likeness (QED) is 0.279. The molecule has 0 spiro atoms. The first-order valence-corrected chi connectivity index (χ1v) is 13.8. The number of hydrogen-bond donors (Lipinski definition) is 1. The summed E-state index contributed by atoms with van der Waals surface area (Å²) < 4.78 is 35.3. The number of carbonyl (C=O) groups excluding carboxylic acids is 1. The van der Waals surface area contributed by atoms with Gasteiger partial charge in [0.25, 0.3) is 0 Å². The molecule has 0 aliphatic carbocycles. The summed E-state index contributed by atoms with van der Waals surface area (Å²) in [6, 6.07) is 13.9. The monoisotopic (exact) mass is 554 g/mol. The first kappa shape index (κ1) is 28.3. The number of nitrogens with zero attached hydrogens (tertiary/aromatic N) is 3. The first-order chi connectivity index (χ1) is 18.7. The Morgan fingerprint density at radius 1 is 1.05 bits per heavy atom. The Hall–Kier alpha value is -3.70. The van der Waals surface area contributed by atoms with E-state index in [0.717, 1.165) is 12.8 Å². The van der Waals surface area contributed by atoms with Crippen LogP contribution in [-0.4, -0.2) is 64.5 Å². The van der Waals surface area contributed by atoms with E-state index in [1.165, 1.54) is 0 Å². The fourth-order valence-electron chi connectivity index (χ4n) is 4.04. The minimum atomic E-state index is -1.64. The summed E-state index contributed by atoms with van der Waals surface area (Å²) in [5.41, 5.74) is -0.0578. The van der Waals surface area contributed by atoms with E-state index in [2.05, 4.69) is 15.3 Å². The minimum absolute atomic E-state index is 0.0678. The van der Waals surface area contributed by atoms with Crippen LogP contribution in [0.5, 0.6) is 23.1 Å². The number of rotatable bonds is 9. The predicted octanol–water partition coefficient (Wildman–Crippen LogP) is 5.26. The van der Waals surface area contributed by atoms with Crippen LogP contribution in [0.2, 0.25) is 0 Å². The van der Waals surface area contributed by atoms with E-state index in [9.17, 15) is 9.35 Å². The molecule has 4 rings (SSSR count). The molecule has 1 amide bonds. The number of likely N-dealkylation sites (tertiary alicyclic amines) is 1. The van der Waals surface area contributed by atoms with Crippen molar-refractivity contribution < 1.29 is 28.3 Å². The Bertz CT molecular complexity index is 1250. The second-order valence-electron chi connectivity index (χ2n) is 9.94. The zero-order chi connectivity index (χ0) is 28.0. The number of ether oxygens (including phenoxy) is 4. The van der Waals surface area contributed by atoms with Crippen molar-refractivity contribution in [3.63, 3.8) is 0 Å². The third kappa shape index (κ3) is 7.45. The molecule has 39 heavy (non-hydrogen) atoms. The van der Waals surface area contributed by atoms with Gasteiger partial charge in [-0.15, -0.1) is 4.98 Å². The SMILES string of the molecule is COc1ccc(Oc2nc([S+]([O-])c3ccc(OC)cc3)ncc2NC[C@@H]2CCCN2C(=O)OC(C)(C)C)cc1.